The van der Waals surface area contributed by atoms with Gasteiger partial charge in [0.15, 0.2) is 23.4 Å². The Morgan fingerprint density at radius 2 is 2.00 bits per heavy atom. The Morgan fingerprint density at radius 3 is 2.59 bits per heavy atom. The van der Waals surface area contributed by atoms with Gasteiger partial charge in [-0.15, -0.1) is 0 Å². The van der Waals surface area contributed by atoms with Gasteiger partial charge in [-0.05, 0) is 44.2 Å². The molecule has 29 heavy (non-hydrogen) atoms. The van der Waals surface area contributed by atoms with Crippen molar-refractivity contribution in [1.29, 1.82) is 0 Å². The summed E-state index contributed by atoms with van der Waals surface area (Å²) in [5, 5.41) is 13.5. The maximum Gasteiger partial charge on any atom is 0.340 e. The molecule has 0 bridgehead atoms. The van der Waals surface area contributed by atoms with E-state index < -0.39 is 11.4 Å². The van der Waals surface area contributed by atoms with E-state index in [0.717, 1.165) is 25.7 Å². The van der Waals surface area contributed by atoms with Crippen molar-refractivity contribution in [3.8, 4) is 11.5 Å². The van der Waals surface area contributed by atoms with Gasteiger partial charge in [0, 0.05) is 18.5 Å². The van der Waals surface area contributed by atoms with Gasteiger partial charge in [-0.2, -0.15) is 0 Å². The van der Waals surface area contributed by atoms with Gasteiger partial charge in [-0.1, -0.05) is 0 Å². The van der Waals surface area contributed by atoms with E-state index >= 15 is 0 Å². The molecule has 3 rings (SSSR count). The Hall–Kier alpha value is -2.87. The van der Waals surface area contributed by atoms with E-state index in [4.69, 9.17) is 13.9 Å². The van der Waals surface area contributed by atoms with Crippen LogP contribution < -0.4 is 15.7 Å². The highest BCUT2D eigenvalue weighted by Gasteiger charge is 2.24. The van der Waals surface area contributed by atoms with E-state index in [-0.39, 0.29) is 46.9 Å². The number of hydrogen-bond donors (Lipinski definition) is 2. The van der Waals surface area contributed by atoms with Crippen molar-refractivity contribution in [3.63, 3.8) is 0 Å². The fraction of sp³-hybridized carbons (Fsp3) is 0.476. The number of nitrogens with one attached hydrogen (secondary N) is 1. The highest BCUT2D eigenvalue weighted by Crippen LogP contribution is 2.36. The first-order valence-electron chi connectivity index (χ1n) is 9.53. The number of hydrogen-bond acceptors (Lipinski definition) is 7. The molecular weight excluding hydrogens is 378 g/mol. The third-order valence-corrected chi connectivity index (χ3v) is 5.60. The quantitative estimate of drug-likeness (QED) is 0.561. The molecule has 1 fully saturated rings. The first-order valence-corrected chi connectivity index (χ1v) is 9.53. The summed E-state index contributed by atoms with van der Waals surface area (Å²) in [4.78, 5) is 36.4. The summed E-state index contributed by atoms with van der Waals surface area (Å²) < 4.78 is 15.7. The monoisotopic (exact) mass is 403 g/mol. The average molecular weight is 403 g/mol. The fourth-order valence-electron chi connectivity index (χ4n) is 3.86. The molecule has 1 saturated carbocycles. The molecule has 0 aliphatic heterocycles. The van der Waals surface area contributed by atoms with Crippen LogP contribution in [0.2, 0.25) is 0 Å². The van der Waals surface area contributed by atoms with Crippen LogP contribution >= 0.6 is 0 Å². The number of methoxy groups -OCH3 is 2. The number of carbonyl (C=O) groups is 2. The number of benzene rings is 1. The number of aldehydes is 1. The summed E-state index contributed by atoms with van der Waals surface area (Å²) >= 11 is 0. The van der Waals surface area contributed by atoms with Crippen LogP contribution in [0.1, 0.15) is 47.2 Å². The van der Waals surface area contributed by atoms with Crippen molar-refractivity contribution in [3.05, 3.63) is 33.2 Å². The third-order valence-electron chi connectivity index (χ3n) is 5.60. The molecule has 1 aromatic heterocycles. The molecule has 2 N–H and O–H groups in total. The number of phenolic OH excluding ortho intramolecular Hbond substituents is 1. The zero-order chi connectivity index (χ0) is 21.1. The number of aryl methyl sites for hydroxylation is 1. The number of rotatable bonds is 6. The lowest BCUT2D eigenvalue weighted by Crippen LogP contribution is -2.40. The van der Waals surface area contributed by atoms with E-state index in [9.17, 15) is 19.5 Å². The largest absolute Gasteiger partial charge is 0.504 e. The molecule has 1 aliphatic rings. The first kappa shape index (κ1) is 20.9. The maximum atomic E-state index is 12.5. The van der Waals surface area contributed by atoms with E-state index in [0.29, 0.717) is 17.2 Å². The molecule has 0 atom stereocenters. The average Bonchev–Trinajstić information content (AvgIpc) is 2.71. The number of amides is 1. The van der Waals surface area contributed by atoms with Gasteiger partial charge >= 0.3 is 5.63 Å². The van der Waals surface area contributed by atoms with Crippen LogP contribution in [-0.2, 0) is 16.0 Å². The molecule has 0 saturated heterocycles. The summed E-state index contributed by atoms with van der Waals surface area (Å²) in [6.07, 6.45) is 3.94. The van der Waals surface area contributed by atoms with Gasteiger partial charge < -0.3 is 24.3 Å². The molecule has 2 aromatic rings. The standard InChI is InChI=1S/C21H25NO7/c1-11-14-8-17(28-3)19(25)16(10-23)20(14)29-21(26)15(11)9-18(24)22-12-4-6-13(27-2)7-5-12/h8,10,12-13,25H,4-7,9H2,1-3H3,(H,22,24). The predicted molar refractivity (Wildman–Crippen MR) is 106 cm³/mol. The van der Waals surface area contributed by atoms with E-state index in [1.807, 2.05) is 0 Å². The highest BCUT2D eigenvalue weighted by molar-refractivity contribution is 6.00. The molecule has 8 heteroatoms. The zero-order valence-electron chi connectivity index (χ0n) is 16.7. The molecule has 1 aromatic carbocycles. The lowest BCUT2D eigenvalue weighted by Gasteiger charge is -2.28. The topological polar surface area (TPSA) is 115 Å². The van der Waals surface area contributed by atoms with Crippen molar-refractivity contribution >= 4 is 23.2 Å². The molecule has 8 nitrogen and oxygen atoms in total. The molecule has 0 radical (unpaired) electrons. The van der Waals surface area contributed by atoms with Crippen molar-refractivity contribution < 1.29 is 28.6 Å². The van der Waals surface area contributed by atoms with E-state index in [1.165, 1.54) is 13.2 Å². The smallest absolute Gasteiger partial charge is 0.340 e. The number of phenols is 1. The predicted octanol–water partition coefficient (Wildman–Crippen LogP) is 2.24. The summed E-state index contributed by atoms with van der Waals surface area (Å²) in [5.74, 6) is -0.571. The van der Waals surface area contributed by atoms with Gasteiger partial charge in [-0.3, -0.25) is 9.59 Å². The Bertz CT molecular complexity index is 987. The third kappa shape index (κ3) is 4.12. The van der Waals surface area contributed by atoms with Crippen LogP contribution in [0, 0.1) is 6.92 Å². The maximum absolute atomic E-state index is 12.5. The SMILES string of the molecule is COc1cc2c(C)c(CC(=O)NC3CCC(OC)CC3)c(=O)oc2c(C=O)c1O. The first-order chi connectivity index (χ1) is 13.9. The second-order valence-corrected chi connectivity index (χ2v) is 7.28. The van der Waals surface area contributed by atoms with Crippen LogP contribution in [0.4, 0.5) is 0 Å². The second kappa shape index (κ2) is 8.65. The van der Waals surface area contributed by atoms with Crippen molar-refractivity contribution in [2.45, 2.75) is 51.2 Å². The number of carbonyl (C=O) groups excluding carboxylic acids is 2. The lowest BCUT2D eigenvalue weighted by atomic mass is 9.92. The summed E-state index contributed by atoms with van der Waals surface area (Å²) in [6.45, 7) is 1.68. The molecular formula is C21H25NO7. The highest BCUT2D eigenvalue weighted by atomic mass is 16.5. The summed E-state index contributed by atoms with van der Waals surface area (Å²) in [5.41, 5.74) is -0.171. The summed E-state index contributed by atoms with van der Waals surface area (Å²) in [7, 11) is 3.05. The van der Waals surface area contributed by atoms with Crippen molar-refractivity contribution in [2.75, 3.05) is 14.2 Å². The summed E-state index contributed by atoms with van der Waals surface area (Å²) in [6, 6.07) is 1.55. The van der Waals surface area contributed by atoms with Gasteiger partial charge in [0.1, 0.15) is 5.56 Å². The van der Waals surface area contributed by atoms with Crippen molar-refractivity contribution in [1.82, 2.24) is 5.32 Å². The normalized spacial score (nSPS) is 19.1. The minimum atomic E-state index is -0.707. The van der Waals surface area contributed by atoms with Crippen LogP contribution in [0.3, 0.4) is 0 Å². The zero-order valence-corrected chi connectivity index (χ0v) is 16.7. The van der Waals surface area contributed by atoms with Crippen LogP contribution in [0.15, 0.2) is 15.3 Å². The van der Waals surface area contributed by atoms with Crippen LogP contribution in [-0.4, -0.2) is 43.7 Å². The van der Waals surface area contributed by atoms with Gasteiger partial charge in [-0.25, -0.2) is 4.79 Å². The van der Waals surface area contributed by atoms with Crippen molar-refractivity contribution in [2.24, 2.45) is 0 Å². The molecule has 1 aliphatic carbocycles. The van der Waals surface area contributed by atoms with Crippen LogP contribution in [0.5, 0.6) is 11.5 Å². The lowest BCUT2D eigenvalue weighted by molar-refractivity contribution is -0.121. The Morgan fingerprint density at radius 1 is 1.31 bits per heavy atom. The Kier molecular flexibility index (Phi) is 6.22. The molecule has 0 spiro atoms. The second-order valence-electron chi connectivity index (χ2n) is 7.28. The number of aromatic hydroxyl groups is 1. The molecule has 1 amide bonds. The molecule has 1 heterocycles. The van der Waals surface area contributed by atoms with Gasteiger partial charge in [0.05, 0.1) is 25.2 Å². The molecule has 156 valence electrons. The van der Waals surface area contributed by atoms with Gasteiger partial charge in [0.2, 0.25) is 5.91 Å². The van der Waals surface area contributed by atoms with Gasteiger partial charge in [0.25, 0.3) is 0 Å². The molecule has 0 unspecified atom stereocenters. The number of ether oxygens (including phenoxy) is 2. The Balaban J connectivity index is 1.88. The van der Waals surface area contributed by atoms with E-state index in [1.54, 1.807) is 14.0 Å². The fourth-order valence-corrected chi connectivity index (χ4v) is 3.86. The van der Waals surface area contributed by atoms with Crippen LogP contribution in [0.25, 0.3) is 11.0 Å². The Labute approximate surface area is 167 Å². The minimum Gasteiger partial charge on any atom is -0.504 e. The number of fused-ring (bicyclic) bond motifs is 1. The van der Waals surface area contributed by atoms with E-state index in [2.05, 4.69) is 5.32 Å². The minimum absolute atomic E-state index is 0.0251.